The van der Waals surface area contributed by atoms with Crippen LogP contribution in [0.5, 0.6) is 5.75 Å². The molecule has 3 N–H and O–H groups in total. The zero-order valence-corrected chi connectivity index (χ0v) is 16.2. The van der Waals surface area contributed by atoms with E-state index in [1.807, 2.05) is 0 Å². The minimum atomic E-state index is -1.36. The highest BCUT2D eigenvalue weighted by Crippen LogP contribution is 2.45. The average molecular weight is 407 g/mol. The van der Waals surface area contributed by atoms with Crippen molar-refractivity contribution >= 4 is 22.6 Å². The third-order valence-corrected chi connectivity index (χ3v) is 5.98. The molecule has 1 saturated heterocycles. The van der Waals surface area contributed by atoms with E-state index < -0.39 is 40.9 Å². The second kappa shape index (κ2) is 6.69. The van der Waals surface area contributed by atoms with Gasteiger partial charge in [0.15, 0.2) is 11.6 Å². The number of methoxy groups -OCH3 is 1. The maximum Gasteiger partial charge on any atom is 0.341 e. The number of fused-ring (bicyclic) bond motifs is 1. The van der Waals surface area contributed by atoms with E-state index in [0.717, 1.165) is 18.9 Å². The number of nitrogens with zero attached hydrogens (tertiary/aromatic N) is 2. The summed E-state index contributed by atoms with van der Waals surface area (Å²) in [5, 5.41) is 9.34. The number of halogens is 2. The fourth-order valence-electron chi connectivity index (χ4n) is 4.20. The molecule has 29 heavy (non-hydrogen) atoms. The largest absolute Gasteiger partial charge is 0.492 e. The van der Waals surface area contributed by atoms with Crippen molar-refractivity contribution in [2.45, 2.75) is 31.3 Å². The molecule has 2 unspecified atom stereocenters. The summed E-state index contributed by atoms with van der Waals surface area (Å²) in [5.74, 6) is -2.43. The summed E-state index contributed by atoms with van der Waals surface area (Å²) in [7, 11) is 1.37. The third kappa shape index (κ3) is 3.04. The van der Waals surface area contributed by atoms with Crippen molar-refractivity contribution in [2.24, 2.45) is 11.7 Å². The van der Waals surface area contributed by atoms with Crippen LogP contribution in [0.3, 0.4) is 0 Å². The van der Waals surface area contributed by atoms with Gasteiger partial charge in [-0.25, -0.2) is 9.18 Å². The van der Waals surface area contributed by atoms with Gasteiger partial charge in [0.2, 0.25) is 5.43 Å². The topological polar surface area (TPSA) is 97.8 Å². The molecule has 1 aromatic heterocycles. The van der Waals surface area contributed by atoms with Crippen molar-refractivity contribution in [3.63, 3.8) is 0 Å². The lowest BCUT2D eigenvalue weighted by molar-refractivity contribution is 0.0694. The lowest BCUT2D eigenvalue weighted by atomic mass is 9.92. The summed E-state index contributed by atoms with van der Waals surface area (Å²) in [5.41, 5.74) is 4.66. The molecule has 2 heterocycles. The number of anilines is 1. The van der Waals surface area contributed by atoms with Gasteiger partial charge in [-0.15, -0.1) is 0 Å². The number of rotatable bonds is 5. The second-order valence-corrected chi connectivity index (χ2v) is 8.19. The Kier molecular flexibility index (Phi) is 4.53. The lowest BCUT2D eigenvalue weighted by Gasteiger charge is -2.26. The molecule has 1 aliphatic heterocycles. The van der Waals surface area contributed by atoms with Crippen LogP contribution in [0.4, 0.5) is 14.5 Å². The van der Waals surface area contributed by atoms with E-state index in [9.17, 15) is 19.1 Å². The molecule has 0 radical (unpaired) electrons. The predicted molar refractivity (Wildman–Crippen MR) is 104 cm³/mol. The maximum absolute atomic E-state index is 15.2. The van der Waals surface area contributed by atoms with Crippen LogP contribution >= 0.6 is 0 Å². The molecule has 2 atom stereocenters. The number of nitrogens with two attached hydrogens (primary N) is 1. The van der Waals surface area contributed by atoms with E-state index in [-0.39, 0.29) is 36.0 Å². The van der Waals surface area contributed by atoms with Crippen molar-refractivity contribution in [1.29, 1.82) is 0 Å². The molecule has 2 aliphatic rings. The van der Waals surface area contributed by atoms with Crippen LogP contribution in [0.25, 0.3) is 10.9 Å². The van der Waals surface area contributed by atoms with Crippen molar-refractivity contribution in [3.8, 4) is 5.75 Å². The van der Waals surface area contributed by atoms with Gasteiger partial charge >= 0.3 is 5.97 Å². The van der Waals surface area contributed by atoms with Gasteiger partial charge in [-0.05, 0) is 25.8 Å². The van der Waals surface area contributed by atoms with Crippen LogP contribution < -0.4 is 20.8 Å². The smallest absolute Gasteiger partial charge is 0.341 e. The molecular weight excluding hydrogens is 384 g/mol. The molecule has 2 fully saturated rings. The van der Waals surface area contributed by atoms with Crippen LogP contribution in [0.1, 0.15) is 36.2 Å². The van der Waals surface area contributed by atoms with E-state index in [4.69, 9.17) is 10.5 Å². The summed E-state index contributed by atoms with van der Waals surface area (Å²) in [6.45, 7) is 1.53. The van der Waals surface area contributed by atoms with Gasteiger partial charge in [0.25, 0.3) is 0 Å². The Labute approximate surface area is 165 Å². The van der Waals surface area contributed by atoms with Gasteiger partial charge in [0.05, 0.1) is 24.7 Å². The highest BCUT2D eigenvalue weighted by Gasteiger charge is 2.42. The first-order valence-electron chi connectivity index (χ1n) is 9.48. The van der Waals surface area contributed by atoms with Crippen molar-refractivity contribution in [2.75, 3.05) is 31.8 Å². The summed E-state index contributed by atoms with van der Waals surface area (Å²) >= 11 is 0. The molecule has 1 aromatic carbocycles. The highest BCUT2D eigenvalue weighted by atomic mass is 19.1. The molecule has 4 rings (SSSR count). The number of carboxylic acids is 1. The number of ether oxygens (including phenoxy) is 1. The number of carbonyl (C=O) groups is 1. The maximum atomic E-state index is 15.2. The lowest BCUT2D eigenvalue weighted by Crippen LogP contribution is -2.45. The van der Waals surface area contributed by atoms with Gasteiger partial charge in [0.1, 0.15) is 11.3 Å². The first kappa shape index (κ1) is 19.6. The molecule has 9 heteroatoms. The van der Waals surface area contributed by atoms with E-state index >= 15 is 4.39 Å². The van der Waals surface area contributed by atoms with Crippen LogP contribution in [0.15, 0.2) is 17.1 Å². The first-order chi connectivity index (χ1) is 13.7. The Morgan fingerprint density at radius 2 is 2.14 bits per heavy atom. The number of alkyl halides is 1. The monoisotopic (exact) mass is 407 g/mol. The van der Waals surface area contributed by atoms with Crippen LogP contribution in [0.2, 0.25) is 0 Å². The summed E-state index contributed by atoms with van der Waals surface area (Å²) in [6.07, 6.45) is 2.94. The van der Waals surface area contributed by atoms with E-state index in [1.54, 1.807) is 16.4 Å². The molecule has 2 aromatic rings. The van der Waals surface area contributed by atoms with Gasteiger partial charge in [-0.2, -0.15) is 0 Å². The standard InChI is InChI=1S/C20H23F2N3O4/c1-20(23)9-24(7-10(20)6-21)16-14(22)5-12-15(18(16)29-2)25(11-3-4-11)8-13(17(12)26)19(27)28/h5,8,10-11H,3-4,6-7,9,23H2,1-2H3,(H,27,28). The van der Waals surface area contributed by atoms with Crippen LogP contribution in [-0.4, -0.2) is 48.1 Å². The number of aromatic nitrogens is 1. The Morgan fingerprint density at radius 1 is 1.45 bits per heavy atom. The van der Waals surface area contributed by atoms with Crippen molar-refractivity contribution in [3.05, 3.63) is 33.9 Å². The Hall–Kier alpha value is -2.68. The van der Waals surface area contributed by atoms with E-state index in [0.29, 0.717) is 5.52 Å². The fourth-order valence-corrected chi connectivity index (χ4v) is 4.20. The van der Waals surface area contributed by atoms with Crippen molar-refractivity contribution in [1.82, 2.24) is 4.57 Å². The zero-order chi connectivity index (χ0) is 21.1. The van der Waals surface area contributed by atoms with Gasteiger partial charge in [-0.1, -0.05) is 0 Å². The normalized spacial score (nSPS) is 24.3. The van der Waals surface area contributed by atoms with E-state index in [1.165, 1.54) is 13.3 Å². The molecular formula is C20H23F2N3O4. The number of pyridine rings is 1. The molecule has 0 amide bonds. The third-order valence-electron chi connectivity index (χ3n) is 5.98. The Bertz CT molecular complexity index is 1060. The minimum Gasteiger partial charge on any atom is -0.492 e. The predicted octanol–water partition coefficient (Wildman–Crippen LogP) is 2.31. The molecule has 0 bridgehead atoms. The molecule has 1 aliphatic carbocycles. The van der Waals surface area contributed by atoms with Gasteiger partial charge in [0, 0.05) is 36.8 Å². The minimum absolute atomic E-state index is 0.0142. The second-order valence-electron chi connectivity index (χ2n) is 8.19. The average Bonchev–Trinajstić information content (AvgIpc) is 3.44. The summed E-state index contributed by atoms with van der Waals surface area (Å²) in [6, 6.07) is 1.07. The SMILES string of the molecule is COc1c(N2CC(CF)C(C)(N)C2)c(F)cc2c(=O)c(C(=O)O)cn(C3CC3)c12. The number of hydrogen-bond donors (Lipinski definition) is 2. The number of aromatic carboxylic acids is 1. The van der Waals surface area contributed by atoms with Crippen LogP contribution in [-0.2, 0) is 0 Å². The van der Waals surface area contributed by atoms with E-state index in [2.05, 4.69) is 0 Å². The zero-order valence-electron chi connectivity index (χ0n) is 16.2. The Morgan fingerprint density at radius 3 is 2.66 bits per heavy atom. The van der Waals surface area contributed by atoms with Crippen LogP contribution in [0, 0.1) is 11.7 Å². The summed E-state index contributed by atoms with van der Waals surface area (Å²) in [4.78, 5) is 25.9. The fraction of sp³-hybridized carbons (Fsp3) is 0.500. The number of benzene rings is 1. The quantitative estimate of drug-likeness (QED) is 0.789. The van der Waals surface area contributed by atoms with Gasteiger partial charge in [-0.3, -0.25) is 9.18 Å². The van der Waals surface area contributed by atoms with Crippen molar-refractivity contribution < 1.29 is 23.4 Å². The number of carboxylic acid groups (broad SMARTS) is 1. The van der Waals surface area contributed by atoms with Gasteiger partial charge < -0.3 is 25.0 Å². The number of hydrogen-bond acceptors (Lipinski definition) is 5. The molecule has 1 saturated carbocycles. The highest BCUT2D eigenvalue weighted by molar-refractivity contribution is 5.97. The molecule has 156 valence electrons. The first-order valence-corrected chi connectivity index (χ1v) is 9.48. The molecule has 7 nitrogen and oxygen atoms in total. The summed E-state index contributed by atoms with van der Waals surface area (Å²) < 4.78 is 35.9. The molecule has 0 spiro atoms. The Balaban J connectivity index is 2.00.